The van der Waals surface area contributed by atoms with Gasteiger partial charge >= 0.3 is 5.69 Å². The normalized spacial score (nSPS) is 10.9. The number of allylic oxidation sites excluding steroid dienone is 2. The molecule has 2 aromatic rings. The largest absolute Gasteiger partial charge is 0.338 e. The van der Waals surface area contributed by atoms with E-state index in [1.165, 1.54) is 16.8 Å². The molecule has 6 heteroatoms. The fourth-order valence-electron chi connectivity index (χ4n) is 1.80. The van der Waals surface area contributed by atoms with Crippen LogP contribution in [0.4, 0.5) is 0 Å². The minimum absolute atomic E-state index is 0.297. The monoisotopic (exact) mass is 348 g/mol. The third-order valence-electron chi connectivity index (χ3n) is 2.84. The molecule has 1 aromatic carbocycles. The molecule has 21 heavy (non-hydrogen) atoms. The van der Waals surface area contributed by atoms with E-state index in [4.69, 9.17) is 0 Å². The summed E-state index contributed by atoms with van der Waals surface area (Å²) in [5.74, 6) is -0.621. The predicted octanol–water partition coefficient (Wildman–Crippen LogP) is 1.65. The van der Waals surface area contributed by atoms with Crippen LogP contribution in [-0.2, 0) is 6.54 Å². The number of hydrogen-bond acceptors (Lipinski definition) is 3. The van der Waals surface area contributed by atoms with E-state index in [1.807, 2.05) is 6.08 Å². The van der Waals surface area contributed by atoms with Crippen molar-refractivity contribution in [3.8, 4) is 0 Å². The summed E-state index contributed by atoms with van der Waals surface area (Å²) in [5, 5.41) is 0.671. The van der Waals surface area contributed by atoms with Gasteiger partial charge in [0, 0.05) is 29.7 Å². The highest BCUT2D eigenvalue weighted by Gasteiger charge is 2.14. The Bertz CT molecular complexity index is 775. The molecule has 5 nitrogen and oxygen atoms in total. The second-order valence-corrected chi connectivity index (χ2v) is 4.87. The van der Waals surface area contributed by atoms with Gasteiger partial charge in [0.1, 0.15) is 0 Å². The van der Waals surface area contributed by atoms with E-state index in [0.717, 1.165) is 0 Å². The third kappa shape index (κ3) is 3.46. The molecule has 108 valence electrons. The molecule has 0 aliphatic carbocycles. The van der Waals surface area contributed by atoms with Gasteiger partial charge in [-0.3, -0.25) is 14.2 Å². The van der Waals surface area contributed by atoms with Crippen molar-refractivity contribution in [3.63, 3.8) is 0 Å². The summed E-state index contributed by atoms with van der Waals surface area (Å²) >= 11 is 3.24. The van der Waals surface area contributed by atoms with E-state index in [9.17, 15) is 14.4 Å². The molecule has 0 aliphatic heterocycles. The highest BCUT2D eigenvalue weighted by atomic mass is 79.9. The first-order valence-corrected chi connectivity index (χ1v) is 7.40. The molecule has 2 rings (SSSR count). The van der Waals surface area contributed by atoms with Gasteiger partial charge in [0.2, 0.25) is 0 Å². The summed E-state index contributed by atoms with van der Waals surface area (Å²) in [4.78, 5) is 36.4. The van der Waals surface area contributed by atoms with Gasteiger partial charge in [-0.15, -0.1) is 0 Å². The van der Waals surface area contributed by atoms with E-state index >= 15 is 0 Å². The number of hydrogen-bond donors (Lipinski definition) is 0. The molecule has 0 spiro atoms. The van der Waals surface area contributed by atoms with Gasteiger partial charge in [0.25, 0.3) is 11.5 Å². The minimum atomic E-state index is -0.643. The number of halogens is 1. The highest BCUT2D eigenvalue weighted by molar-refractivity contribution is 9.09. The Hall–Kier alpha value is -2.21. The Morgan fingerprint density at radius 1 is 1.10 bits per heavy atom. The van der Waals surface area contributed by atoms with E-state index in [-0.39, 0.29) is 0 Å². The number of carbonyl (C=O) groups is 1. The van der Waals surface area contributed by atoms with Crippen LogP contribution in [0.25, 0.3) is 0 Å². The zero-order valence-electron chi connectivity index (χ0n) is 11.1. The molecule has 0 N–H and O–H groups in total. The molecule has 0 radical (unpaired) electrons. The van der Waals surface area contributed by atoms with E-state index in [2.05, 4.69) is 15.9 Å². The van der Waals surface area contributed by atoms with Crippen LogP contribution in [0.15, 0.2) is 64.3 Å². The molecule has 0 saturated carbocycles. The lowest BCUT2D eigenvalue weighted by Crippen LogP contribution is -2.43. The van der Waals surface area contributed by atoms with E-state index < -0.39 is 17.2 Å². The lowest BCUT2D eigenvalue weighted by Gasteiger charge is -2.07. The Labute approximate surface area is 129 Å². The number of rotatable bonds is 4. The first-order valence-electron chi connectivity index (χ1n) is 6.28. The van der Waals surface area contributed by atoms with Gasteiger partial charge in [0.15, 0.2) is 0 Å². The maximum absolute atomic E-state index is 12.3. The van der Waals surface area contributed by atoms with Crippen LogP contribution in [0.5, 0.6) is 0 Å². The first-order chi connectivity index (χ1) is 10.1. The topological polar surface area (TPSA) is 61.1 Å². The maximum Gasteiger partial charge on any atom is 0.338 e. The molecule has 0 bridgehead atoms. The molecule has 0 aliphatic rings. The van der Waals surface area contributed by atoms with E-state index in [0.29, 0.717) is 22.0 Å². The van der Waals surface area contributed by atoms with Gasteiger partial charge in [-0.25, -0.2) is 4.79 Å². The van der Waals surface area contributed by atoms with Crippen molar-refractivity contribution < 1.29 is 4.79 Å². The quantitative estimate of drug-likeness (QED) is 0.623. The summed E-state index contributed by atoms with van der Waals surface area (Å²) < 4.78 is 1.96. The number of carbonyl (C=O) groups excluding carboxylic acids is 1. The number of aromatic nitrogens is 2. The Kier molecular flexibility index (Phi) is 5.05. The predicted molar refractivity (Wildman–Crippen MR) is 84.1 cm³/mol. The van der Waals surface area contributed by atoms with Crippen molar-refractivity contribution in [2.75, 3.05) is 5.33 Å². The van der Waals surface area contributed by atoms with Gasteiger partial charge in [-0.1, -0.05) is 46.3 Å². The highest BCUT2D eigenvalue weighted by Crippen LogP contribution is 1.99. The van der Waals surface area contributed by atoms with Crippen molar-refractivity contribution in [1.82, 2.24) is 9.13 Å². The molecule has 1 heterocycles. The average Bonchev–Trinajstić information content (AvgIpc) is 2.50. The van der Waals surface area contributed by atoms with Crippen LogP contribution in [0.1, 0.15) is 10.4 Å². The molecule has 0 unspecified atom stereocenters. The van der Waals surface area contributed by atoms with Crippen LogP contribution < -0.4 is 11.2 Å². The zero-order chi connectivity index (χ0) is 15.2. The molecular formula is C15H13BrN2O3. The molecular weight excluding hydrogens is 336 g/mol. The number of nitrogens with zero attached hydrogens (tertiary/aromatic N) is 2. The van der Waals surface area contributed by atoms with E-state index in [1.54, 1.807) is 36.4 Å². The lowest BCUT2D eigenvalue weighted by molar-refractivity contribution is 0.0948. The average molecular weight is 349 g/mol. The molecule has 1 aromatic heterocycles. The summed E-state index contributed by atoms with van der Waals surface area (Å²) in [6, 6.07) is 9.46. The smallest absolute Gasteiger partial charge is 0.296 e. The maximum atomic E-state index is 12.3. The molecule has 0 fully saturated rings. The summed E-state index contributed by atoms with van der Waals surface area (Å²) in [7, 11) is 0. The second kappa shape index (κ2) is 6.99. The number of benzene rings is 1. The van der Waals surface area contributed by atoms with Gasteiger partial charge in [-0.2, -0.15) is 4.57 Å². The van der Waals surface area contributed by atoms with Crippen LogP contribution in [0.2, 0.25) is 0 Å². The van der Waals surface area contributed by atoms with Crippen molar-refractivity contribution >= 4 is 21.8 Å². The SMILES string of the molecule is O=C(c1ccccc1)n1c(=O)ccn(C/C=C/CBr)c1=O. The van der Waals surface area contributed by atoms with Crippen molar-refractivity contribution in [3.05, 3.63) is 81.1 Å². The molecule has 0 amide bonds. The van der Waals surface area contributed by atoms with Gasteiger partial charge in [-0.05, 0) is 12.1 Å². The minimum Gasteiger partial charge on any atom is -0.296 e. The van der Waals surface area contributed by atoms with Crippen LogP contribution in [0, 0.1) is 0 Å². The van der Waals surface area contributed by atoms with Crippen molar-refractivity contribution in [2.45, 2.75) is 6.54 Å². The summed E-state index contributed by atoms with van der Waals surface area (Å²) in [6.07, 6.45) is 5.00. The lowest BCUT2D eigenvalue weighted by atomic mass is 10.2. The Morgan fingerprint density at radius 3 is 2.48 bits per heavy atom. The summed E-state index contributed by atoms with van der Waals surface area (Å²) in [6.45, 7) is 0.298. The summed E-state index contributed by atoms with van der Waals surface area (Å²) in [5.41, 5.74) is -0.976. The van der Waals surface area contributed by atoms with Gasteiger partial charge in [0.05, 0.1) is 0 Å². The first kappa shape index (κ1) is 15.2. The molecule has 0 atom stereocenters. The number of alkyl halides is 1. The third-order valence-corrected chi connectivity index (χ3v) is 3.21. The Morgan fingerprint density at radius 2 is 1.81 bits per heavy atom. The Balaban J connectivity index is 2.46. The fraction of sp³-hybridized carbons (Fsp3) is 0.133. The second-order valence-electron chi connectivity index (χ2n) is 4.22. The standard InChI is InChI=1S/C15H13BrN2O3/c16-9-4-5-10-17-11-8-13(19)18(15(17)21)14(20)12-6-2-1-3-7-12/h1-8,11H,9-10H2/b5-4+. The zero-order valence-corrected chi connectivity index (χ0v) is 12.7. The van der Waals surface area contributed by atoms with Crippen molar-refractivity contribution in [2.24, 2.45) is 0 Å². The fourth-order valence-corrected chi connectivity index (χ4v) is 2.07. The van der Waals surface area contributed by atoms with Crippen molar-refractivity contribution in [1.29, 1.82) is 0 Å². The van der Waals surface area contributed by atoms with Gasteiger partial charge < -0.3 is 0 Å². The van der Waals surface area contributed by atoms with Crippen LogP contribution >= 0.6 is 15.9 Å². The molecule has 0 saturated heterocycles. The van der Waals surface area contributed by atoms with Crippen LogP contribution in [-0.4, -0.2) is 20.4 Å². The van der Waals surface area contributed by atoms with Crippen LogP contribution in [0.3, 0.4) is 0 Å².